The zero-order chi connectivity index (χ0) is 29.3. The highest BCUT2D eigenvalue weighted by atomic mass is 32.2. The number of amides is 1. The number of hydrogen-bond donors (Lipinski definition) is 0. The number of aromatic nitrogens is 4. The lowest BCUT2D eigenvalue weighted by Crippen LogP contribution is -2.56. The van der Waals surface area contributed by atoms with E-state index >= 15 is 0 Å². The van der Waals surface area contributed by atoms with Gasteiger partial charge in [-0.15, -0.1) is 0 Å². The van der Waals surface area contributed by atoms with Crippen LogP contribution >= 0.6 is 0 Å². The quantitative estimate of drug-likeness (QED) is 0.341. The van der Waals surface area contributed by atoms with E-state index in [1.165, 1.54) is 3.97 Å². The molecule has 6 rings (SSSR count). The lowest BCUT2D eigenvalue weighted by atomic mass is 10.1. The van der Waals surface area contributed by atoms with Crippen molar-refractivity contribution in [3.05, 3.63) is 60.0 Å². The SMILES string of the molecule is Cc1ccc(S(=O)(=O)n2c(-c3cnn(C)c3)c(C)c3c(N4CC5CCC(C4)N5C(=O)OC(C)(C)C)ccnc32)cc1. The summed E-state index contributed by atoms with van der Waals surface area (Å²) < 4.78 is 37.2. The van der Waals surface area contributed by atoms with Crippen molar-refractivity contribution in [2.75, 3.05) is 18.0 Å². The number of carbonyl (C=O) groups is 1. The molecule has 4 aromatic rings. The van der Waals surface area contributed by atoms with E-state index in [2.05, 4.69) is 15.0 Å². The van der Waals surface area contributed by atoms with Crippen LogP contribution in [-0.2, 0) is 21.8 Å². The van der Waals surface area contributed by atoms with Crippen LogP contribution in [0.1, 0.15) is 44.7 Å². The Bertz CT molecular complexity index is 1740. The molecule has 5 heterocycles. The Kier molecular flexibility index (Phi) is 6.40. The monoisotopic (exact) mass is 576 g/mol. The lowest BCUT2D eigenvalue weighted by molar-refractivity contribution is 0.0123. The Morgan fingerprint density at radius 2 is 1.68 bits per heavy atom. The molecule has 41 heavy (non-hydrogen) atoms. The maximum Gasteiger partial charge on any atom is 0.410 e. The fraction of sp³-hybridized carbons (Fsp3) is 0.433. The van der Waals surface area contributed by atoms with Crippen molar-refractivity contribution in [3.8, 4) is 11.3 Å². The maximum absolute atomic E-state index is 14.2. The summed E-state index contributed by atoms with van der Waals surface area (Å²) in [6.07, 6.45) is 6.71. The van der Waals surface area contributed by atoms with Crippen molar-refractivity contribution in [3.63, 3.8) is 0 Å². The third kappa shape index (κ3) is 4.65. The zero-order valence-electron chi connectivity index (χ0n) is 24.3. The zero-order valence-corrected chi connectivity index (χ0v) is 25.1. The van der Waals surface area contributed by atoms with Gasteiger partial charge in [-0.25, -0.2) is 22.2 Å². The van der Waals surface area contributed by atoms with E-state index in [9.17, 15) is 13.2 Å². The largest absolute Gasteiger partial charge is 0.444 e. The van der Waals surface area contributed by atoms with E-state index in [4.69, 9.17) is 4.74 Å². The topological polar surface area (TPSA) is 103 Å². The van der Waals surface area contributed by atoms with Gasteiger partial charge in [0.15, 0.2) is 5.65 Å². The second-order valence-corrected chi connectivity index (χ2v) is 14.0. The summed E-state index contributed by atoms with van der Waals surface area (Å²) in [5.41, 5.74) is 3.76. The molecule has 2 aliphatic heterocycles. The Morgan fingerprint density at radius 1 is 1.02 bits per heavy atom. The Balaban J connectivity index is 1.48. The Hall–Kier alpha value is -3.86. The molecule has 10 nitrogen and oxygen atoms in total. The molecule has 0 N–H and O–H groups in total. The van der Waals surface area contributed by atoms with Crippen LogP contribution in [0.25, 0.3) is 22.3 Å². The van der Waals surface area contributed by atoms with Gasteiger partial charge in [0.1, 0.15) is 5.60 Å². The van der Waals surface area contributed by atoms with Crippen LogP contribution < -0.4 is 4.90 Å². The number of rotatable bonds is 4. The first-order chi connectivity index (χ1) is 19.3. The molecule has 2 saturated heterocycles. The average molecular weight is 577 g/mol. The number of piperazine rings is 1. The van der Waals surface area contributed by atoms with Crippen molar-refractivity contribution < 1.29 is 17.9 Å². The van der Waals surface area contributed by atoms with Crippen molar-refractivity contribution in [1.29, 1.82) is 0 Å². The van der Waals surface area contributed by atoms with Crippen LogP contribution in [-0.4, -0.2) is 68.9 Å². The fourth-order valence-corrected chi connectivity index (χ4v) is 7.77. The second kappa shape index (κ2) is 9.61. The standard InChI is InChI=1S/C30H36N6O4S/c1-19-7-11-24(12-8-19)41(38,39)36-27(21-15-32-33(6)16-21)20(2)26-25(13-14-31-28(26)36)34-17-22-9-10-23(18-34)35(22)29(37)40-30(3,4)5/h7-8,11-16,22-23H,9-10,17-18H2,1-6H3. The first-order valence-electron chi connectivity index (χ1n) is 13.9. The van der Waals surface area contributed by atoms with E-state index in [0.717, 1.165) is 35.0 Å². The summed E-state index contributed by atoms with van der Waals surface area (Å²) in [6.45, 7) is 10.8. The third-order valence-electron chi connectivity index (χ3n) is 8.00. The molecule has 2 unspecified atom stereocenters. The van der Waals surface area contributed by atoms with Gasteiger partial charge < -0.3 is 9.64 Å². The molecule has 1 amide bonds. The van der Waals surface area contributed by atoms with Crippen molar-refractivity contribution >= 4 is 32.8 Å². The number of anilines is 1. The normalized spacial score (nSPS) is 19.3. The van der Waals surface area contributed by atoms with E-state index in [0.29, 0.717) is 30.0 Å². The number of nitrogens with zero attached hydrogens (tertiary/aromatic N) is 6. The molecule has 0 aliphatic carbocycles. The van der Waals surface area contributed by atoms with Gasteiger partial charge in [0, 0.05) is 49.2 Å². The fourth-order valence-electron chi connectivity index (χ4n) is 6.23. The van der Waals surface area contributed by atoms with Crippen LogP contribution in [0.15, 0.2) is 53.8 Å². The van der Waals surface area contributed by atoms with Crippen molar-refractivity contribution in [2.45, 2.75) is 70.0 Å². The average Bonchev–Trinajstić information content (AvgIpc) is 3.54. The number of ether oxygens (including phenoxy) is 1. The number of benzene rings is 1. The summed E-state index contributed by atoms with van der Waals surface area (Å²) in [5, 5.41) is 5.12. The number of fused-ring (bicyclic) bond motifs is 3. The molecule has 0 saturated carbocycles. The van der Waals surface area contributed by atoms with Crippen LogP contribution in [0, 0.1) is 13.8 Å². The Labute approximate surface area is 240 Å². The predicted molar refractivity (Wildman–Crippen MR) is 158 cm³/mol. The molecule has 216 valence electrons. The molecule has 0 spiro atoms. The van der Waals surface area contributed by atoms with Gasteiger partial charge >= 0.3 is 6.09 Å². The molecule has 2 aliphatic rings. The van der Waals surface area contributed by atoms with Gasteiger partial charge in [-0.3, -0.25) is 9.58 Å². The Morgan fingerprint density at radius 3 is 2.27 bits per heavy atom. The van der Waals surface area contributed by atoms with Gasteiger partial charge in [-0.05, 0) is 71.2 Å². The minimum Gasteiger partial charge on any atom is -0.444 e. The minimum atomic E-state index is -4.00. The molecular weight excluding hydrogens is 540 g/mol. The first kappa shape index (κ1) is 27.3. The van der Waals surface area contributed by atoms with Crippen LogP contribution in [0.3, 0.4) is 0 Å². The molecular formula is C30H36N6O4S. The summed E-state index contributed by atoms with van der Waals surface area (Å²) >= 11 is 0. The number of pyridine rings is 1. The molecule has 11 heteroatoms. The van der Waals surface area contributed by atoms with Crippen LogP contribution in [0.2, 0.25) is 0 Å². The van der Waals surface area contributed by atoms with Gasteiger partial charge in [0.25, 0.3) is 10.0 Å². The lowest BCUT2D eigenvalue weighted by Gasteiger charge is -2.42. The van der Waals surface area contributed by atoms with E-state index < -0.39 is 15.6 Å². The van der Waals surface area contributed by atoms with E-state index in [1.807, 2.05) is 58.8 Å². The molecule has 2 bridgehead atoms. The van der Waals surface area contributed by atoms with Gasteiger partial charge in [-0.2, -0.15) is 5.10 Å². The highest BCUT2D eigenvalue weighted by Crippen LogP contribution is 2.42. The molecule has 2 fully saturated rings. The van der Waals surface area contributed by atoms with Gasteiger partial charge in [-0.1, -0.05) is 17.7 Å². The molecule has 3 aromatic heterocycles. The highest BCUT2D eigenvalue weighted by Gasteiger charge is 2.45. The van der Waals surface area contributed by atoms with Crippen molar-refractivity contribution in [2.24, 2.45) is 7.05 Å². The summed E-state index contributed by atoms with van der Waals surface area (Å²) in [6, 6.07) is 8.86. The highest BCUT2D eigenvalue weighted by molar-refractivity contribution is 7.90. The van der Waals surface area contributed by atoms with Crippen LogP contribution in [0.4, 0.5) is 10.5 Å². The summed E-state index contributed by atoms with van der Waals surface area (Å²) in [4.78, 5) is 22.1. The van der Waals surface area contributed by atoms with Crippen molar-refractivity contribution in [1.82, 2.24) is 23.6 Å². The number of carbonyl (C=O) groups excluding carboxylic acids is 1. The summed E-state index contributed by atoms with van der Waals surface area (Å²) in [5.74, 6) is 0. The van der Waals surface area contributed by atoms with E-state index in [-0.39, 0.29) is 23.1 Å². The third-order valence-corrected chi connectivity index (χ3v) is 9.70. The predicted octanol–water partition coefficient (Wildman–Crippen LogP) is 4.88. The molecule has 2 atom stereocenters. The number of hydrogen-bond acceptors (Lipinski definition) is 7. The van der Waals surface area contributed by atoms with Gasteiger partial charge in [0.05, 0.1) is 28.9 Å². The van der Waals surface area contributed by atoms with Gasteiger partial charge in [0.2, 0.25) is 0 Å². The maximum atomic E-state index is 14.2. The molecule has 0 radical (unpaired) electrons. The second-order valence-electron chi connectivity index (χ2n) is 12.2. The van der Waals surface area contributed by atoms with Crippen LogP contribution in [0.5, 0.6) is 0 Å². The first-order valence-corrected chi connectivity index (χ1v) is 15.4. The minimum absolute atomic E-state index is 0.0169. The number of aryl methyl sites for hydroxylation is 3. The summed E-state index contributed by atoms with van der Waals surface area (Å²) in [7, 11) is -2.19. The van der Waals surface area contributed by atoms with E-state index in [1.54, 1.807) is 41.3 Å². The molecule has 1 aromatic carbocycles. The smallest absolute Gasteiger partial charge is 0.410 e.